The quantitative estimate of drug-likeness (QED) is 0.523. The molecular formula is C22H34O3. The lowest BCUT2D eigenvalue weighted by Gasteiger charge is -2.39. The zero-order chi connectivity index (χ0) is 18.4. The minimum Gasteiger partial charge on any atom is -0.393 e. The van der Waals surface area contributed by atoms with Crippen molar-refractivity contribution < 1.29 is 14.3 Å². The summed E-state index contributed by atoms with van der Waals surface area (Å²) in [5.74, 6) is 0.473. The Labute approximate surface area is 152 Å². The number of ether oxygens (including phenoxy) is 1. The lowest BCUT2D eigenvalue weighted by atomic mass is 9.66. The van der Waals surface area contributed by atoms with E-state index in [9.17, 15) is 9.59 Å². The van der Waals surface area contributed by atoms with Gasteiger partial charge >= 0.3 is 11.9 Å². The first kappa shape index (κ1) is 17.5. The molecule has 0 aliphatic heterocycles. The van der Waals surface area contributed by atoms with E-state index in [0.29, 0.717) is 11.8 Å². The molecule has 0 saturated heterocycles. The van der Waals surface area contributed by atoms with E-state index in [0.717, 1.165) is 25.7 Å². The first-order valence-electron chi connectivity index (χ1n) is 10.2. The van der Waals surface area contributed by atoms with E-state index in [1.807, 2.05) is 0 Å². The molecule has 3 heteroatoms. The van der Waals surface area contributed by atoms with Gasteiger partial charge in [0.15, 0.2) is 0 Å². The van der Waals surface area contributed by atoms with Crippen molar-refractivity contribution in [2.24, 2.45) is 45.3 Å². The number of esters is 2. The molecule has 0 N–H and O–H groups in total. The maximum absolute atomic E-state index is 12.9. The predicted molar refractivity (Wildman–Crippen MR) is 96.5 cm³/mol. The number of carbonyl (C=O) groups is 2. The van der Waals surface area contributed by atoms with Crippen LogP contribution in [0.1, 0.15) is 80.1 Å². The van der Waals surface area contributed by atoms with E-state index in [1.165, 1.54) is 12.8 Å². The predicted octanol–water partition coefficient (Wildman–Crippen LogP) is 4.98. The number of fused-ring (bicyclic) bond motifs is 4. The van der Waals surface area contributed by atoms with Crippen LogP contribution in [0, 0.1) is 45.3 Å². The van der Waals surface area contributed by atoms with E-state index in [4.69, 9.17) is 4.74 Å². The molecule has 0 aromatic rings. The Kier molecular flexibility index (Phi) is 3.44. The molecular weight excluding hydrogens is 312 g/mol. The van der Waals surface area contributed by atoms with E-state index in [2.05, 4.69) is 41.5 Å². The van der Waals surface area contributed by atoms with Crippen molar-refractivity contribution in [1.29, 1.82) is 0 Å². The highest BCUT2D eigenvalue weighted by Crippen LogP contribution is 2.69. The molecule has 0 spiro atoms. The molecule has 6 atom stereocenters. The van der Waals surface area contributed by atoms with Crippen molar-refractivity contribution in [3.05, 3.63) is 0 Å². The van der Waals surface area contributed by atoms with Crippen LogP contribution < -0.4 is 0 Å². The molecule has 4 rings (SSSR count). The van der Waals surface area contributed by atoms with Gasteiger partial charge in [-0.25, -0.2) is 0 Å². The van der Waals surface area contributed by atoms with Crippen molar-refractivity contribution >= 4 is 11.9 Å². The SMILES string of the molecule is CC1(C)C2CCC1(C)C(C(=O)OC(=O)C1CC3CCC1(C)C3(C)C)C2. The molecule has 0 radical (unpaired) electrons. The normalized spacial score (nSPS) is 48.7. The molecule has 4 aliphatic rings. The summed E-state index contributed by atoms with van der Waals surface area (Å²) in [6, 6.07) is 0. The summed E-state index contributed by atoms with van der Waals surface area (Å²) < 4.78 is 5.56. The fourth-order valence-electron chi connectivity index (χ4n) is 7.36. The van der Waals surface area contributed by atoms with Crippen LogP contribution in [0.2, 0.25) is 0 Å². The molecule has 0 aromatic heterocycles. The van der Waals surface area contributed by atoms with Crippen molar-refractivity contribution in [3.8, 4) is 0 Å². The van der Waals surface area contributed by atoms with Gasteiger partial charge in [-0.05, 0) is 72.0 Å². The second-order valence-corrected chi connectivity index (χ2v) is 11.1. The summed E-state index contributed by atoms with van der Waals surface area (Å²) in [6.07, 6.45) is 6.36. The van der Waals surface area contributed by atoms with Gasteiger partial charge in [0.05, 0.1) is 11.8 Å². The van der Waals surface area contributed by atoms with Crippen LogP contribution in [0.3, 0.4) is 0 Å². The molecule has 25 heavy (non-hydrogen) atoms. The first-order chi connectivity index (χ1) is 11.4. The van der Waals surface area contributed by atoms with Crippen LogP contribution in [0.5, 0.6) is 0 Å². The zero-order valence-corrected chi connectivity index (χ0v) is 16.8. The van der Waals surface area contributed by atoms with Gasteiger partial charge in [-0.1, -0.05) is 41.5 Å². The molecule has 4 fully saturated rings. The third-order valence-corrected chi connectivity index (χ3v) is 10.4. The van der Waals surface area contributed by atoms with Gasteiger partial charge < -0.3 is 4.74 Å². The van der Waals surface area contributed by atoms with Crippen LogP contribution in [-0.2, 0) is 14.3 Å². The molecule has 4 bridgehead atoms. The largest absolute Gasteiger partial charge is 0.393 e. The van der Waals surface area contributed by atoms with Gasteiger partial charge in [0.25, 0.3) is 0 Å². The highest BCUT2D eigenvalue weighted by molar-refractivity contribution is 5.89. The second-order valence-electron chi connectivity index (χ2n) is 11.1. The van der Waals surface area contributed by atoms with E-state index < -0.39 is 0 Å². The second kappa shape index (κ2) is 4.89. The zero-order valence-electron chi connectivity index (χ0n) is 16.8. The molecule has 4 aliphatic carbocycles. The molecule has 0 aromatic carbocycles. The summed E-state index contributed by atoms with van der Waals surface area (Å²) in [5.41, 5.74) is 0.292. The van der Waals surface area contributed by atoms with Gasteiger partial charge in [0.2, 0.25) is 0 Å². The fraction of sp³-hybridized carbons (Fsp3) is 0.909. The lowest BCUT2D eigenvalue weighted by Crippen LogP contribution is -2.41. The maximum atomic E-state index is 12.9. The third kappa shape index (κ3) is 1.93. The Bertz CT molecular complexity index is 579. The van der Waals surface area contributed by atoms with Crippen molar-refractivity contribution in [2.75, 3.05) is 0 Å². The maximum Gasteiger partial charge on any atom is 0.317 e. The molecule has 140 valence electrons. The minimum absolute atomic E-state index is 0.0209. The smallest absolute Gasteiger partial charge is 0.317 e. The highest BCUT2D eigenvalue weighted by atomic mass is 16.6. The summed E-state index contributed by atoms with van der Waals surface area (Å²) in [6.45, 7) is 13.6. The average molecular weight is 347 g/mol. The van der Waals surface area contributed by atoms with Gasteiger partial charge in [0.1, 0.15) is 0 Å². The number of carbonyl (C=O) groups excluding carboxylic acids is 2. The van der Waals surface area contributed by atoms with E-state index in [-0.39, 0.29) is 45.4 Å². The summed E-state index contributed by atoms with van der Waals surface area (Å²) >= 11 is 0. The molecule has 0 heterocycles. The standard InChI is InChI=1S/C22H34O3/c1-19(2)13-7-9-21(19,5)15(11-13)17(23)25-18(24)16-12-14-8-10-22(16,6)20(14,3)4/h13-16H,7-12H2,1-6H3. The van der Waals surface area contributed by atoms with E-state index in [1.54, 1.807) is 0 Å². The van der Waals surface area contributed by atoms with Gasteiger partial charge in [0, 0.05) is 0 Å². The molecule has 6 unspecified atom stereocenters. The topological polar surface area (TPSA) is 43.4 Å². The Hall–Kier alpha value is -0.860. The van der Waals surface area contributed by atoms with Crippen molar-refractivity contribution in [3.63, 3.8) is 0 Å². The van der Waals surface area contributed by atoms with Gasteiger partial charge in [-0.2, -0.15) is 0 Å². The van der Waals surface area contributed by atoms with Crippen LogP contribution in [0.15, 0.2) is 0 Å². The van der Waals surface area contributed by atoms with E-state index >= 15 is 0 Å². The average Bonchev–Trinajstić information content (AvgIpc) is 3.04. The molecule has 4 saturated carbocycles. The third-order valence-electron chi connectivity index (χ3n) is 10.4. The minimum atomic E-state index is -0.244. The Morgan fingerprint density at radius 3 is 1.32 bits per heavy atom. The first-order valence-corrected chi connectivity index (χ1v) is 10.2. The van der Waals surface area contributed by atoms with Crippen LogP contribution in [-0.4, -0.2) is 11.9 Å². The van der Waals surface area contributed by atoms with Crippen molar-refractivity contribution in [2.45, 2.75) is 80.1 Å². The van der Waals surface area contributed by atoms with Crippen LogP contribution in [0.25, 0.3) is 0 Å². The Morgan fingerprint density at radius 2 is 1.08 bits per heavy atom. The summed E-state index contributed by atoms with van der Waals surface area (Å²) in [5, 5.41) is 0. The fourth-order valence-corrected chi connectivity index (χ4v) is 7.36. The van der Waals surface area contributed by atoms with Crippen molar-refractivity contribution in [1.82, 2.24) is 0 Å². The van der Waals surface area contributed by atoms with Gasteiger partial charge in [-0.3, -0.25) is 9.59 Å². The molecule has 0 amide bonds. The van der Waals surface area contributed by atoms with Crippen LogP contribution >= 0.6 is 0 Å². The summed E-state index contributed by atoms with van der Waals surface area (Å²) in [4.78, 5) is 25.8. The highest BCUT2D eigenvalue weighted by Gasteiger charge is 2.66. The Morgan fingerprint density at radius 1 is 0.720 bits per heavy atom. The monoisotopic (exact) mass is 346 g/mol. The number of rotatable bonds is 2. The summed E-state index contributed by atoms with van der Waals surface area (Å²) in [7, 11) is 0. The number of hydrogen-bond acceptors (Lipinski definition) is 3. The van der Waals surface area contributed by atoms with Crippen LogP contribution in [0.4, 0.5) is 0 Å². The molecule has 3 nitrogen and oxygen atoms in total. The lowest BCUT2D eigenvalue weighted by molar-refractivity contribution is -0.171. The van der Waals surface area contributed by atoms with Gasteiger partial charge in [-0.15, -0.1) is 0 Å². The number of hydrogen-bond donors (Lipinski definition) is 0. The Balaban J connectivity index is 1.49.